The smallest absolute Gasteiger partial charge is 0.394 e. The zero-order valence-corrected chi connectivity index (χ0v) is 38.4. The van der Waals surface area contributed by atoms with Crippen molar-refractivity contribution in [3.63, 3.8) is 0 Å². The van der Waals surface area contributed by atoms with Crippen molar-refractivity contribution >= 4 is 58.7 Å². The molecular weight excluding hydrogens is 900 g/mol. The number of aromatic nitrogens is 2. The normalized spacial score (nSPS) is 18.7. The number of carboxylic acids is 1. The van der Waals surface area contributed by atoms with Gasteiger partial charge in [-0.1, -0.05) is 38.1 Å². The number of nitrogens with one attached hydrogen (secondary N) is 5. The van der Waals surface area contributed by atoms with Gasteiger partial charge in [-0.25, -0.2) is 14.8 Å². The molecule has 2 aromatic heterocycles. The molecule has 4 aliphatic heterocycles. The zero-order valence-electron chi connectivity index (χ0n) is 39.4. The minimum Gasteiger partial charge on any atom is -0.480 e. The van der Waals surface area contributed by atoms with Gasteiger partial charge >= 0.3 is 23.7 Å². The summed E-state index contributed by atoms with van der Waals surface area (Å²) in [6.45, 7) is 6.96. The molecule has 21 nitrogen and oxygen atoms in total. The molecule has 0 bridgehead atoms. The molecule has 69 heavy (non-hydrogen) atoms. The van der Waals surface area contributed by atoms with Crippen LogP contribution in [0, 0.1) is 11.8 Å². The van der Waals surface area contributed by atoms with Crippen LogP contribution in [0.4, 0.5) is 15.8 Å². The number of hydrogen-bond acceptors (Lipinski definition) is 13. The Kier molecular flexibility index (Phi) is 17.3. The highest BCUT2D eigenvalue weighted by molar-refractivity contribution is 6.39. The van der Waals surface area contributed by atoms with Crippen LogP contribution in [0.15, 0.2) is 60.9 Å². The number of alkyl halides is 1. The van der Waals surface area contributed by atoms with Crippen LogP contribution in [0.25, 0.3) is 0 Å². The summed E-state index contributed by atoms with van der Waals surface area (Å²) in [6, 6.07) is 14.5. The summed E-state index contributed by atoms with van der Waals surface area (Å²) in [5.41, 5.74) is 16.1. The number of anilines is 2. The molecule has 2 unspecified atom stereocenters. The number of benzene rings is 2. The number of halogens is 1. The standard InChI is InChI=1S/C23H25N5O5.C14H18N2O.C9H9N3O5.CH3F/c1-12-3-6-18(13-4-5-14-9-25-20(30)16(14)7-13)28(11-12)23(32)21(31)27-15-8-17(19(24)29)22(33-2)26-10-15;1-9-2-5-13(15-7-9)10-3-4-11-8-16-14(17)12(11)6-10;1-17-8-5(6(10)13)2-4(3-11-8)12-7(14)9(15)16;1-2/h4-5,7-8,10,12,18H,3,6,9,11H2,1-2H3,(H2,24,29)(H,25,30)(H,27,31);3-4,6,9,13,15H,2,5,7-8H2,1H3,(H,16,17);2-3H,1H3,(H2,10,13)(H,12,14)(H,15,16);1H3/t12-,18+;;;/m1.../s1/i;;;1D. The van der Waals surface area contributed by atoms with E-state index >= 15 is 0 Å². The number of nitrogens with two attached hydrogens (primary N) is 2. The van der Waals surface area contributed by atoms with Crippen LogP contribution in [0.1, 0.15) is 117 Å². The molecule has 2 saturated heterocycles. The summed E-state index contributed by atoms with van der Waals surface area (Å²) in [7, 11) is 1.64. The van der Waals surface area contributed by atoms with E-state index in [-0.39, 0.29) is 58.0 Å². The van der Waals surface area contributed by atoms with Crippen LogP contribution in [0.5, 0.6) is 11.8 Å². The summed E-state index contributed by atoms with van der Waals surface area (Å²) < 4.78 is 25.3. The third-order valence-electron chi connectivity index (χ3n) is 11.7. The van der Waals surface area contributed by atoms with Crippen LogP contribution in [-0.4, -0.2) is 102 Å². The Balaban J connectivity index is 0.000000207. The zero-order chi connectivity index (χ0) is 51.2. The van der Waals surface area contributed by atoms with Gasteiger partial charge in [0.05, 0.1) is 52.6 Å². The molecule has 2 aromatic carbocycles. The van der Waals surface area contributed by atoms with E-state index in [1.54, 1.807) is 4.90 Å². The van der Waals surface area contributed by atoms with Gasteiger partial charge in [-0.05, 0) is 90.6 Å². The lowest BCUT2D eigenvalue weighted by molar-refractivity contribution is -0.147. The van der Waals surface area contributed by atoms with Gasteiger partial charge in [0.25, 0.3) is 23.6 Å². The van der Waals surface area contributed by atoms with Crippen LogP contribution < -0.4 is 47.5 Å². The van der Waals surface area contributed by atoms with E-state index in [9.17, 15) is 42.7 Å². The highest BCUT2D eigenvalue weighted by atomic mass is 19.1. The molecular formula is C47H55FN10O11. The van der Waals surface area contributed by atoms with E-state index in [1.165, 1.54) is 51.0 Å². The van der Waals surface area contributed by atoms with Crippen molar-refractivity contribution in [2.45, 2.75) is 64.7 Å². The predicted molar refractivity (Wildman–Crippen MR) is 248 cm³/mol. The molecule has 4 aromatic rings. The monoisotopic (exact) mass is 955 g/mol. The van der Waals surface area contributed by atoms with E-state index in [1.807, 2.05) is 30.4 Å². The highest BCUT2D eigenvalue weighted by Crippen LogP contribution is 2.35. The number of carbonyl (C=O) groups is 8. The summed E-state index contributed by atoms with van der Waals surface area (Å²) >= 11 is 0. The highest BCUT2D eigenvalue weighted by Gasteiger charge is 2.35. The first-order valence-electron chi connectivity index (χ1n) is 22.3. The fourth-order valence-electron chi connectivity index (χ4n) is 8.11. The van der Waals surface area contributed by atoms with Crippen molar-refractivity contribution < 1.29 is 58.7 Å². The topological polar surface area (TPSA) is 316 Å². The predicted octanol–water partition coefficient (Wildman–Crippen LogP) is 3.16. The van der Waals surface area contributed by atoms with Gasteiger partial charge in [0, 0.05) is 36.8 Å². The lowest BCUT2D eigenvalue weighted by atomic mass is 9.88. The lowest BCUT2D eigenvalue weighted by Gasteiger charge is -2.38. The number of rotatable bonds is 8. The maximum Gasteiger partial charge on any atom is 0.394 e. The Hall–Kier alpha value is -8.01. The van der Waals surface area contributed by atoms with Crippen LogP contribution in [0.2, 0.25) is 0 Å². The quantitative estimate of drug-likeness (QED) is 0.118. The summed E-state index contributed by atoms with van der Waals surface area (Å²) in [5.74, 6) is -5.08. The number of likely N-dealkylation sites (tertiary alicyclic amines) is 1. The van der Waals surface area contributed by atoms with Crippen molar-refractivity contribution in [2.75, 3.05) is 45.1 Å². The van der Waals surface area contributed by atoms with Crippen LogP contribution in [-0.2, 0) is 32.3 Å². The summed E-state index contributed by atoms with van der Waals surface area (Å²) in [5, 5.41) is 22.1. The van der Waals surface area contributed by atoms with Gasteiger partial charge in [0.1, 0.15) is 11.1 Å². The largest absolute Gasteiger partial charge is 0.480 e. The second-order valence-corrected chi connectivity index (χ2v) is 16.5. The Labute approximate surface area is 397 Å². The Morgan fingerprint density at radius 3 is 1.72 bits per heavy atom. The maximum absolute atomic E-state index is 13.2. The second-order valence-electron chi connectivity index (χ2n) is 16.5. The van der Waals surface area contributed by atoms with E-state index in [0.29, 0.717) is 37.7 Å². The minimum atomic E-state index is -1.65. The number of carboxylic acid groups (broad SMARTS) is 1. The minimum absolute atomic E-state index is 0.00850. The summed E-state index contributed by atoms with van der Waals surface area (Å²) in [4.78, 5) is 103. The second kappa shape index (κ2) is 23.6. The molecule has 22 heteroatoms. The van der Waals surface area contributed by atoms with Crippen LogP contribution in [0.3, 0.4) is 0 Å². The first-order valence-corrected chi connectivity index (χ1v) is 21.6. The Morgan fingerprint density at radius 2 is 1.25 bits per heavy atom. The maximum atomic E-state index is 13.2. The van der Waals surface area contributed by atoms with E-state index in [2.05, 4.69) is 56.4 Å². The number of pyridine rings is 2. The molecule has 10 N–H and O–H groups in total. The number of fused-ring (bicyclic) bond motifs is 2. The molecule has 4 atom stereocenters. The van der Waals surface area contributed by atoms with Crippen molar-refractivity contribution in [1.82, 2.24) is 30.8 Å². The van der Waals surface area contributed by atoms with Gasteiger partial charge in [-0.15, -0.1) is 0 Å². The third kappa shape index (κ3) is 12.9. The molecule has 366 valence electrons. The first-order chi connectivity index (χ1) is 33.4. The molecule has 0 aliphatic carbocycles. The van der Waals surface area contributed by atoms with Crippen molar-refractivity contribution in [1.29, 1.82) is 0 Å². The first kappa shape index (κ1) is 50.4. The summed E-state index contributed by atoms with van der Waals surface area (Å²) in [6.07, 6.45) is 6.43. The van der Waals surface area contributed by atoms with Crippen molar-refractivity contribution in [2.24, 2.45) is 23.3 Å². The molecule has 8 rings (SSSR count). The van der Waals surface area contributed by atoms with E-state index in [0.717, 1.165) is 47.3 Å². The number of methoxy groups -OCH3 is 2. The average molecular weight is 956 g/mol. The number of primary amides is 2. The van der Waals surface area contributed by atoms with Gasteiger partial charge < -0.3 is 57.5 Å². The number of amides is 7. The van der Waals surface area contributed by atoms with Gasteiger partial charge in [-0.2, -0.15) is 0 Å². The molecule has 2 fully saturated rings. The molecule has 0 radical (unpaired) electrons. The van der Waals surface area contributed by atoms with Gasteiger partial charge in [-0.3, -0.25) is 38.0 Å². The number of carbonyl (C=O) groups excluding carboxylic acids is 7. The Bertz CT molecular complexity index is 2650. The average Bonchev–Trinajstić information content (AvgIpc) is 3.92. The molecule has 7 amide bonds. The molecule has 6 heterocycles. The molecule has 4 aliphatic rings. The fraction of sp³-hybridized carbons (Fsp3) is 0.362. The van der Waals surface area contributed by atoms with Gasteiger partial charge in [0.2, 0.25) is 11.8 Å². The van der Waals surface area contributed by atoms with Gasteiger partial charge in [0.15, 0.2) is 0 Å². The fourth-order valence-corrected chi connectivity index (χ4v) is 8.11. The van der Waals surface area contributed by atoms with Crippen molar-refractivity contribution in [3.8, 4) is 11.8 Å². The number of ether oxygens (including phenoxy) is 2. The van der Waals surface area contributed by atoms with Crippen LogP contribution >= 0.6 is 0 Å². The lowest BCUT2D eigenvalue weighted by Crippen LogP contribution is -2.46. The molecule has 0 spiro atoms. The number of hydrogen-bond donors (Lipinski definition) is 8. The SMILES string of the molecule is CC1CCC(c2ccc3c(c2)C(=O)NC3)NC1.COc1ncc(NC(=O)C(=O)N2C[C@H](C)CC[C@H]2c2ccc3c(c2)C(=O)NC3)cc1C(N)=O.COc1ncc(NC(=O)C(=O)O)cc1C(N)=O.[2H]CF. The Morgan fingerprint density at radius 1 is 0.754 bits per heavy atom. The number of nitrogens with zero attached hydrogens (tertiary/aromatic N) is 3. The van der Waals surface area contributed by atoms with E-state index < -0.39 is 42.7 Å². The number of aliphatic carboxylic acids is 1. The number of piperidine rings is 2. The van der Waals surface area contributed by atoms with E-state index in [4.69, 9.17) is 27.4 Å². The molecule has 0 saturated carbocycles. The third-order valence-corrected chi connectivity index (χ3v) is 11.7. The van der Waals surface area contributed by atoms with Crippen molar-refractivity contribution in [3.05, 3.63) is 105 Å².